The first-order chi connectivity index (χ1) is 12.6. The van der Waals surface area contributed by atoms with Crippen LogP contribution in [0.1, 0.15) is 50.6 Å². The van der Waals surface area contributed by atoms with Crippen molar-refractivity contribution in [3.63, 3.8) is 0 Å². The second-order valence-corrected chi connectivity index (χ2v) is 7.26. The zero-order chi connectivity index (χ0) is 18.1. The fraction of sp³-hybridized carbons (Fsp3) is 0.556. The van der Waals surface area contributed by atoms with E-state index in [1.165, 1.54) is 5.69 Å². The summed E-state index contributed by atoms with van der Waals surface area (Å²) in [7, 11) is 0. The van der Waals surface area contributed by atoms with Crippen LogP contribution in [-0.4, -0.2) is 36.0 Å². The second-order valence-electron chi connectivity index (χ2n) is 7.26. The molecule has 0 aromatic carbocycles. The molecular weight excluding hydrogens is 366 g/mol. The SMILES string of the molecule is CC(C)Cc1noc(C(C)n2ccnc2-c2cc3n(n2)CCCNC3)n1.Cl. The number of fused-ring (bicyclic) bond motifs is 1. The third-order valence-electron chi connectivity index (χ3n) is 4.64. The maximum Gasteiger partial charge on any atom is 0.249 e. The molecule has 9 heteroatoms. The molecule has 8 nitrogen and oxygen atoms in total. The number of imidazole rings is 1. The minimum absolute atomic E-state index is 0. The molecule has 0 bridgehead atoms. The molecule has 0 saturated heterocycles. The van der Waals surface area contributed by atoms with E-state index in [1.54, 1.807) is 6.20 Å². The maximum absolute atomic E-state index is 5.49. The van der Waals surface area contributed by atoms with Gasteiger partial charge in [0.1, 0.15) is 11.7 Å². The topological polar surface area (TPSA) is 86.6 Å². The largest absolute Gasteiger partial charge is 0.337 e. The van der Waals surface area contributed by atoms with Gasteiger partial charge in [-0.2, -0.15) is 10.1 Å². The number of hydrogen-bond acceptors (Lipinski definition) is 6. The lowest BCUT2D eigenvalue weighted by molar-refractivity contribution is 0.341. The van der Waals surface area contributed by atoms with Crippen molar-refractivity contribution < 1.29 is 4.52 Å². The van der Waals surface area contributed by atoms with Crippen molar-refractivity contribution in [2.24, 2.45) is 5.92 Å². The fourth-order valence-corrected chi connectivity index (χ4v) is 3.30. The number of halogens is 1. The Morgan fingerprint density at radius 2 is 2.15 bits per heavy atom. The molecule has 0 amide bonds. The molecule has 0 spiro atoms. The van der Waals surface area contributed by atoms with Gasteiger partial charge in [0.05, 0.1) is 5.69 Å². The van der Waals surface area contributed by atoms with Crippen molar-refractivity contribution in [1.29, 1.82) is 0 Å². The second kappa shape index (κ2) is 8.22. The van der Waals surface area contributed by atoms with E-state index in [-0.39, 0.29) is 18.4 Å². The third kappa shape index (κ3) is 4.06. The molecule has 146 valence electrons. The van der Waals surface area contributed by atoms with Crippen LogP contribution in [0.4, 0.5) is 0 Å². The molecular formula is C18H26ClN7O. The van der Waals surface area contributed by atoms with E-state index < -0.39 is 0 Å². The Hall–Kier alpha value is -2.19. The summed E-state index contributed by atoms with van der Waals surface area (Å²) in [6.45, 7) is 9.13. The van der Waals surface area contributed by atoms with Crippen LogP contribution in [0.15, 0.2) is 23.0 Å². The van der Waals surface area contributed by atoms with Gasteiger partial charge in [-0.15, -0.1) is 12.4 Å². The normalized spacial score (nSPS) is 15.3. The number of rotatable bonds is 5. The summed E-state index contributed by atoms with van der Waals surface area (Å²) in [6, 6.07) is 2.02. The predicted octanol–water partition coefficient (Wildman–Crippen LogP) is 2.85. The zero-order valence-electron chi connectivity index (χ0n) is 15.9. The van der Waals surface area contributed by atoms with E-state index in [9.17, 15) is 0 Å². The summed E-state index contributed by atoms with van der Waals surface area (Å²) in [5, 5.41) is 12.3. The van der Waals surface area contributed by atoms with Crippen molar-refractivity contribution >= 4 is 12.4 Å². The van der Waals surface area contributed by atoms with Crippen LogP contribution in [0.5, 0.6) is 0 Å². The molecule has 27 heavy (non-hydrogen) atoms. The Kier molecular flexibility index (Phi) is 5.96. The van der Waals surface area contributed by atoms with Crippen LogP contribution in [0, 0.1) is 5.92 Å². The molecule has 4 rings (SSSR count). The van der Waals surface area contributed by atoms with Gasteiger partial charge in [-0.3, -0.25) is 4.68 Å². The summed E-state index contributed by atoms with van der Waals surface area (Å²) in [5.41, 5.74) is 2.07. The maximum atomic E-state index is 5.49. The predicted molar refractivity (Wildman–Crippen MR) is 104 cm³/mol. The first-order valence-corrected chi connectivity index (χ1v) is 9.25. The number of aryl methyl sites for hydroxylation is 1. The highest BCUT2D eigenvalue weighted by Crippen LogP contribution is 2.25. The van der Waals surface area contributed by atoms with Crippen molar-refractivity contribution in [3.8, 4) is 11.5 Å². The molecule has 1 atom stereocenters. The zero-order valence-corrected chi connectivity index (χ0v) is 16.7. The molecule has 1 aliphatic rings. The lowest BCUT2D eigenvalue weighted by atomic mass is 10.1. The molecule has 3 aromatic rings. The van der Waals surface area contributed by atoms with Gasteiger partial charge in [-0.1, -0.05) is 19.0 Å². The van der Waals surface area contributed by atoms with E-state index in [2.05, 4.69) is 45.0 Å². The number of nitrogens with one attached hydrogen (secondary N) is 1. The van der Waals surface area contributed by atoms with Gasteiger partial charge >= 0.3 is 0 Å². The van der Waals surface area contributed by atoms with Crippen molar-refractivity contribution in [2.75, 3.05) is 6.54 Å². The smallest absolute Gasteiger partial charge is 0.249 e. The van der Waals surface area contributed by atoms with E-state index in [0.29, 0.717) is 11.8 Å². The van der Waals surface area contributed by atoms with Crippen LogP contribution in [0.3, 0.4) is 0 Å². The Morgan fingerprint density at radius 3 is 2.96 bits per heavy atom. The Balaban J connectivity index is 0.00000210. The van der Waals surface area contributed by atoms with Gasteiger partial charge in [0.15, 0.2) is 11.6 Å². The first-order valence-electron chi connectivity index (χ1n) is 9.25. The summed E-state index contributed by atoms with van der Waals surface area (Å²) in [6.07, 6.45) is 5.63. The average Bonchev–Trinajstić information content (AvgIpc) is 3.31. The van der Waals surface area contributed by atoms with Gasteiger partial charge in [0, 0.05) is 31.9 Å². The lowest BCUT2D eigenvalue weighted by Gasteiger charge is -2.11. The average molecular weight is 392 g/mol. The van der Waals surface area contributed by atoms with Gasteiger partial charge < -0.3 is 14.4 Å². The van der Waals surface area contributed by atoms with Gasteiger partial charge in [-0.05, 0) is 31.9 Å². The molecule has 0 aliphatic carbocycles. The highest BCUT2D eigenvalue weighted by molar-refractivity contribution is 5.85. The summed E-state index contributed by atoms with van der Waals surface area (Å²) in [5.74, 6) is 2.67. The van der Waals surface area contributed by atoms with E-state index >= 15 is 0 Å². The molecule has 0 fully saturated rings. The van der Waals surface area contributed by atoms with E-state index in [1.807, 2.05) is 17.7 Å². The van der Waals surface area contributed by atoms with Gasteiger partial charge in [0.25, 0.3) is 0 Å². The summed E-state index contributed by atoms with van der Waals surface area (Å²) >= 11 is 0. The third-order valence-corrected chi connectivity index (χ3v) is 4.64. The molecule has 3 aromatic heterocycles. The standard InChI is InChI=1S/C18H25N7O.ClH/c1-12(2)9-16-21-18(26-23-16)13(3)24-8-6-20-17(24)15-10-14-11-19-5-4-7-25(14)22-15;/h6,8,10,12-13,19H,4-5,7,9,11H2,1-3H3;1H. The lowest BCUT2D eigenvalue weighted by Crippen LogP contribution is -2.11. The van der Waals surface area contributed by atoms with E-state index in [4.69, 9.17) is 9.62 Å². The Labute approximate surface area is 164 Å². The Bertz CT molecular complexity index is 859. The number of aromatic nitrogens is 6. The quantitative estimate of drug-likeness (QED) is 0.719. The number of hydrogen-bond donors (Lipinski definition) is 1. The minimum Gasteiger partial charge on any atom is -0.337 e. The van der Waals surface area contributed by atoms with E-state index in [0.717, 1.165) is 49.8 Å². The van der Waals surface area contributed by atoms with Crippen molar-refractivity contribution in [3.05, 3.63) is 35.9 Å². The van der Waals surface area contributed by atoms with Crippen LogP contribution in [-0.2, 0) is 19.5 Å². The van der Waals surface area contributed by atoms with Crippen molar-refractivity contribution in [2.45, 2.75) is 52.7 Å². The highest BCUT2D eigenvalue weighted by atomic mass is 35.5. The Morgan fingerprint density at radius 1 is 1.30 bits per heavy atom. The molecule has 1 N–H and O–H groups in total. The van der Waals surface area contributed by atoms with Gasteiger partial charge in [-0.25, -0.2) is 4.98 Å². The van der Waals surface area contributed by atoms with Crippen LogP contribution >= 0.6 is 12.4 Å². The van der Waals surface area contributed by atoms with Gasteiger partial charge in [0.2, 0.25) is 5.89 Å². The molecule has 1 unspecified atom stereocenters. The van der Waals surface area contributed by atoms with Crippen molar-refractivity contribution in [1.82, 2.24) is 34.8 Å². The molecule has 0 radical (unpaired) electrons. The van der Waals surface area contributed by atoms with Crippen LogP contribution in [0.25, 0.3) is 11.5 Å². The number of nitrogens with zero attached hydrogens (tertiary/aromatic N) is 6. The monoisotopic (exact) mass is 391 g/mol. The minimum atomic E-state index is -0.0967. The summed E-state index contributed by atoms with van der Waals surface area (Å²) < 4.78 is 9.61. The first kappa shape index (κ1) is 19.6. The molecule has 0 saturated carbocycles. The molecule has 4 heterocycles. The van der Waals surface area contributed by atoms with Crippen LogP contribution < -0.4 is 5.32 Å². The highest BCUT2D eigenvalue weighted by Gasteiger charge is 2.22. The molecule has 1 aliphatic heterocycles. The summed E-state index contributed by atoms with van der Waals surface area (Å²) in [4.78, 5) is 9.09. The van der Waals surface area contributed by atoms with Crippen LogP contribution in [0.2, 0.25) is 0 Å². The fourth-order valence-electron chi connectivity index (χ4n) is 3.30.